The summed E-state index contributed by atoms with van der Waals surface area (Å²) < 4.78 is 0. The van der Waals surface area contributed by atoms with Gasteiger partial charge >= 0.3 is 5.97 Å². The third-order valence-electron chi connectivity index (χ3n) is 4.41. The summed E-state index contributed by atoms with van der Waals surface area (Å²) in [5.74, 6) is -0.381. The Hall–Kier alpha value is -0.870. The molecule has 0 bridgehead atoms. The van der Waals surface area contributed by atoms with Gasteiger partial charge in [-0.2, -0.15) is 0 Å². The summed E-state index contributed by atoms with van der Waals surface area (Å²) in [6.45, 7) is 2.99. The van der Waals surface area contributed by atoms with Gasteiger partial charge in [0.15, 0.2) is 0 Å². The first-order valence-electron chi connectivity index (χ1n) is 6.73. The molecular formula is C14H19NO2S. The van der Waals surface area contributed by atoms with E-state index in [9.17, 15) is 9.90 Å². The molecule has 0 amide bonds. The second-order valence-electron chi connectivity index (χ2n) is 5.49. The standard InChI is InChI=1S/C14H19NO2S/c1-9-5-7-15(13(9)14(16)17)11-3-2-4-12-10(11)6-8-18-12/h6,8-9,11,13H,2-5,7H2,1H3,(H,16,17). The van der Waals surface area contributed by atoms with Crippen LogP contribution in [0.3, 0.4) is 0 Å². The van der Waals surface area contributed by atoms with Crippen LogP contribution in [-0.2, 0) is 11.2 Å². The summed E-state index contributed by atoms with van der Waals surface area (Å²) in [5, 5.41) is 11.6. The van der Waals surface area contributed by atoms with Crippen molar-refractivity contribution in [2.24, 2.45) is 5.92 Å². The van der Waals surface area contributed by atoms with Gasteiger partial charge in [0.25, 0.3) is 0 Å². The van der Waals surface area contributed by atoms with Crippen molar-refractivity contribution in [1.82, 2.24) is 4.90 Å². The first-order valence-corrected chi connectivity index (χ1v) is 7.61. The number of fused-ring (bicyclic) bond motifs is 1. The maximum Gasteiger partial charge on any atom is 0.321 e. The Labute approximate surface area is 111 Å². The SMILES string of the molecule is CC1CCN(C2CCCc3sccc32)C1C(=O)O. The van der Waals surface area contributed by atoms with Crippen LogP contribution in [0.2, 0.25) is 0 Å². The van der Waals surface area contributed by atoms with Gasteiger partial charge in [0.1, 0.15) is 6.04 Å². The lowest BCUT2D eigenvalue weighted by Crippen LogP contribution is -2.42. The van der Waals surface area contributed by atoms with Crippen LogP contribution in [0.15, 0.2) is 11.4 Å². The number of nitrogens with zero attached hydrogens (tertiary/aromatic N) is 1. The Morgan fingerprint density at radius 3 is 3.11 bits per heavy atom. The molecule has 3 rings (SSSR count). The molecule has 0 radical (unpaired) electrons. The van der Waals surface area contributed by atoms with E-state index in [1.54, 1.807) is 0 Å². The lowest BCUT2D eigenvalue weighted by Gasteiger charge is -2.34. The first kappa shape index (κ1) is 12.2. The minimum atomic E-state index is -0.651. The van der Waals surface area contributed by atoms with Crippen molar-refractivity contribution in [3.05, 3.63) is 21.9 Å². The van der Waals surface area contributed by atoms with Crippen LogP contribution in [0.5, 0.6) is 0 Å². The lowest BCUT2D eigenvalue weighted by molar-refractivity contribution is -0.144. The molecule has 3 atom stereocenters. The molecule has 98 valence electrons. The van der Waals surface area contributed by atoms with Crippen molar-refractivity contribution in [2.75, 3.05) is 6.54 Å². The van der Waals surface area contributed by atoms with Crippen molar-refractivity contribution in [3.8, 4) is 0 Å². The van der Waals surface area contributed by atoms with Gasteiger partial charge in [-0.15, -0.1) is 11.3 Å². The first-order chi connectivity index (χ1) is 8.68. The molecule has 3 unspecified atom stereocenters. The number of thiophene rings is 1. The largest absolute Gasteiger partial charge is 0.480 e. The average molecular weight is 265 g/mol. The highest BCUT2D eigenvalue weighted by molar-refractivity contribution is 7.10. The average Bonchev–Trinajstić information content (AvgIpc) is 2.94. The molecule has 1 aromatic heterocycles. The number of carbonyl (C=O) groups is 1. The Morgan fingerprint density at radius 2 is 2.33 bits per heavy atom. The van der Waals surface area contributed by atoms with Gasteiger partial charge in [-0.05, 0) is 55.2 Å². The van der Waals surface area contributed by atoms with Crippen molar-refractivity contribution in [2.45, 2.75) is 44.7 Å². The summed E-state index contributed by atoms with van der Waals surface area (Å²) >= 11 is 1.82. The fourth-order valence-electron chi connectivity index (χ4n) is 3.52. The topological polar surface area (TPSA) is 40.5 Å². The maximum atomic E-state index is 11.5. The van der Waals surface area contributed by atoms with Crippen molar-refractivity contribution >= 4 is 17.3 Å². The van der Waals surface area contributed by atoms with E-state index >= 15 is 0 Å². The molecule has 0 saturated carbocycles. The molecule has 1 N–H and O–H groups in total. The van der Waals surface area contributed by atoms with Gasteiger partial charge in [-0.1, -0.05) is 6.92 Å². The highest BCUT2D eigenvalue weighted by Gasteiger charge is 2.41. The molecule has 0 spiro atoms. The smallest absolute Gasteiger partial charge is 0.321 e. The summed E-state index contributed by atoms with van der Waals surface area (Å²) in [6.07, 6.45) is 4.48. The molecule has 1 saturated heterocycles. The number of hydrogen-bond acceptors (Lipinski definition) is 3. The molecule has 1 aromatic rings. The molecule has 3 nitrogen and oxygen atoms in total. The molecule has 1 fully saturated rings. The van der Waals surface area contributed by atoms with Crippen LogP contribution < -0.4 is 0 Å². The zero-order chi connectivity index (χ0) is 12.7. The Balaban J connectivity index is 1.90. The highest BCUT2D eigenvalue weighted by Crippen LogP contribution is 2.41. The monoisotopic (exact) mass is 265 g/mol. The van der Waals surface area contributed by atoms with E-state index in [1.165, 1.54) is 23.3 Å². The summed E-state index contributed by atoms with van der Waals surface area (Å²) in [5.41, 5.74) is 1.40. The Morgan fingerprint density at radius 1 is 1.50 bits per heavy atom. The second-order valence-corrected chi connectivity index (χ2v) is 6.49. The molecule has 18 heavy (non-hydrogen) atoms. The number of carboxylic acid groups (broad SMARTS) is 1. The van der Waals surface area contributed by atoms with Gasteiger partial charge < -0.3 is 5.11 Å². The zero-order valence-corrected chi connectivity index (χ0v) is 11.4. The van der Waals surface area contributed by atoms with E-state index in [4.69, 9.17) is 0 Å². The summed E-state index contributed by atoms with van der Waals surface area (Å²) in [7, 11) is 0. The molecule has 1 aliphatic heterocycles. The van der Waals surface area contributed by atoms with E-state index in [-0.39, 0.29) is 12.0 Å². The van der Waals surface area contributed by atoms with E-state index in [2.05, 4.69) is 23.3 Å². The number of hydrogen-bond donors (Lipinski definition) is 1. The van der Waals surface area contributed by atoms with Crippen LogP contribution in [0.4, 0.5) is 0 Å². The minimum Gasteiger partial charge on any atom is -0.480 e. The third kappa shape index (κ3) is 1.88. The molecular weight excluding hydrogens is 246 g/mol. The predicted molar refractivity (Wildman–Crippen MR) is 71.9 cm³/mol. The van der Waals surface area contributed by atoms with Crippen LogP contribution in [0.1, 0.15) is 42.7 Å². The molecule has 2 heterocycles. The van der Waals surface area contributed by atoms with E-state index < -0.39 is 5.97 Å². The number of aliphatic carboxylic acids is 1. The number of likely N-dealkylation sites (tertiary alicyclic amines) is 1. The third-order valence-corrected chi connectivity index (χ3v) is 5.41. The molecule has 1 aliphatic carbocycles. The van der Waals surface area contributed by atoms with Crippen LogP contribution in [-0.4, -0.2) is 28.6 Å². The minimum absolute atomic E-state index is 0.270. The van der Waals surface area contributed by atoms with Gasteiger partial charge in [0.2, 0.25) is 0 Å². The zero-order valence-electron chi connectivity index (χ0n) is 10.6. The maximum absolute atomic E-state index is 11.5. The van der Waals surface area contributed by atoms with Crippen molar-refractivity contribution < 1.29 is 9.90 Å². The Bertz CT molecular complexity index is 456. The predicted octanol–water partition coefficient (Wildman–Crippen LogP) is 2.92. The van der Waals surface area contributed by atoms with E-state index in [1.807, 2.05) is 11.3 Å². The Kier molecular flexibility index (Phi) is 3.16. The molecule has 4 heteroatoms. The van der Waals surface area contributed by atoms with E-state index in [0.29, 0.717) is 6.04 Å². The van der Waals surface area contributed by atoms with Gasteiger partial charge in [-0.3, -0.25) is 9.69 Å². The fraction of sp³-hybridized carbons (Fsp3) is 0.643. The van der Waals surface area contributed by atoms with Crippen LogP contribution >= 0.6 is 11.3 Å². The van der Waals surface area contributed by atoms with Gasteiger partial charge in [-0.25, -0.2) is 0 Å². The lowest BCUT2D eigenvalue weighted by atomic mass is 9.91. The van der Waals surface area contributed by atoms with Gasteiger partial charge in [0.05, 0.1) is 0 Å². The van der Waals surface area contributed by atoms with Gasteiger partial charge in [0, 0.05) is 10.9 Å². The van der Waals surface area contributed by atoms with Crippen molar-refractivity contribution in [1.29, 1.82) is 0 Å². The van der Waals surface area contributed by atoms with Crippen LogP contribution in [0.25, 0.3) is 0 Å². The highest BCUT2D eigenvalue weighted by atomic mass is 32.1. The normalized spacial score (nSPS) is 32.4. The number of carboxylic acids is 1. The fourth-order valence-corrected chi connectivity index (χ4v) is 4.50. The van der Waals surface area contributed by atoms with Crippen LogP contribution in [0, 0.1) is 5.92 Å². The van der Waals surface area contributed by atoms with Crippen molar-refractivity contribution in [3.63, 3.8) is 0 Å². The molecule has 2 aliphatic rings. The quantitative estimate of drug-likeness (QED) is 0.894. The summed E-state index contributed by atoms with van der Waals surface area (Å²) in [4.78, 5) is 15.2. The summed E-state index contributed by atoms with van der Waals surface area (Å²) in [6, 6.07) is 2.25. The van der Waals surface area contributed by atoms with E-state index in [0.717, 1.165) is 19.4 Å². The molecule has 0 aromatic carbocycles. The number of aryl methyl sites for hydroxylation is 1. The second kappa shape index (κ2) is 4.67. The number of rotatable bonds is 2.